The van der Waals surface area contributed by atoms with Gasteiger partial charge in [-0.2, -0.15) is 0 Å². The molecule has 0 unspecified atom stereocenters. The lowest BCUT2D eigenvalue weighted by Crippen LogP contribution is -2.05. The molecule has 4 heterocycles. The second kappa shape index (κ2) is 7.76. The molecule has 0 radical (unpaired) electrons. The summed E-state index contributed by atoms with van der Waals surface area (Å²) < 4.78 is 7.11. The third kappa shape index (κ3) is 2.82. The third-order valence-corrected chi connectivity index (χ3v) is 8.96. The lowest BCUT2D eigenvalue weighted by Gasteiger charge is -2.13. The summed E-state index contributed by atoms with van der Waals surface area (Å²) in [6.45, 7) is 0. The van der Waals surface area contributed by atoms with E-state index in [1.807, 2.05) is 11.3 Å². The Morgan fingerprint density at radius 2 is 1.26 bits per heavy atom. The summed E-state index contributed by atoms with van der Waals surface area (Å²) in [5.41, 5.74) is 6.41. The van der Waals surface area contributed by atoms with Crippen LogP contribution in [0.3, 0.4) is 0 Å². The molecule has 182 valence electrons. The van der Waals surface area contributed by atoms with Crippen molar-refractivity contribution in [1.29, 1.82) is 0 Å². The standard InChI is InChI=1S/C34H20N4S/c1-2-10-21(11-3-1)37-29-16-8-6-14-27(29)36-34(37)38-28-15-7-4-12-22(28)26-20-35-31-25(32(26)38)19-18-24-23-13-5-9-17-30(23)39-33(24)31/h1-20H. The molecule has 0 aliphatic heterocycles. The van der Waals surface area contributed by atoms with Gasteiger partial charge in [-0.1, -0.05) is 72.8 Å². The average Bonchev–Trinajstić information content (AvgIpc) is 3.67. The Kier molecular flexibility index (Phi) is 4.18. The van der Waals surface area contributed by atoms with Gasteiger partial charge >= 0.3 is 0 Å². The van der Waals surface area contributed by atoms with Crippen LogP contribution in [0.2, 0.25) is 0 Å². The highest BCUT2D eigenvalue weighted by Gasteiger charge is 2.22. The first-order chi connectivity index (χ1) is 19.4. The van der Waals surface area contributed by atoms with E-state index in [1.54, 1.807) is 0 Å². The molecule has 0 N–H and O–H groups in total. The van der Waals surface area contributed by atoms with Gasteiger partial charge in [0.1, 0.15) is 0 Å². The zero-order valence-corrected chi connectivity index (χ0v) is 21.6. The second-order valence-electron chi connectivity index (χ2n) is 9.88. The van der Waals surface area contributed by atoms with Gasteiger partial charge < -0.3 is 0 Å². The van der Waals surface area contributed by atoms with E-state index in [2.05, 4.69) is 131 Å². The summed E-state index contributed by atoms with van der Waals surface area (Å²) in [5.74, 6) is 0.873. The number of rotatable bonds is 2. The monoisotopic (exact) mass is 516 g/mol. The van der Waals surface area contributed by atoms with E-state index in [1.165, 1.54) is 25.6 Å². The molecular weight excluding hydrogens is 496 g/mol. The van der Waals surface area contributed by atoms with Crippen molar-refractivity contribution in [1.82, 2.24) is 19.1 Å². The van der Waals surface area contributed by atoms with Crippen molar-refractivity contribution in [2.24, 2.45) is 0 Å². The van der Waals surface area contributed by atoms with Crippen LogP contribution in [0.5, 0.6) is 0 Å². The SMILES string of the molecule is c1ccc(-n2c(-n3c4ccccc4c4cnc5c(ccc6c7ccccc7sc65)c43)nc3ccccc32)cc1. The Labute approximate surface area is 227 Å². The molecule has 5 heteroatoms. The van der Waals surface area contributed by atoms with Gasteiger partial charge in [-0.15, -0.1) is 11.3 Å². The Balaban J connectivity index is 1.50. The normalized spacial score (nSPS) is 12.1. The van der Waals surface area contributed by atoms with Crippen molar-refractivity contribution in [2.75, 3.05) is 0 Å². The van der Waals surface area contributed by atoms with Gasteiger partial charge in [0.2, 0.25) is 5.95 Å². The Morgan fingerprint density at radius 3 is 2.15 bits per heavy atom. The van der Waals surface area contributed by atoms with Crippen LogP contribution >= 0.6 is 11.3 Å². The molecule has 4 nitrogen and oxygen atoms in total. The quantitative estimate of drug-likeness (QED) is 0.230. The number of aromatic nitrogens is 4. The van der Waals surface area contributed by atoms with Crippen LogP contribution in [-0.4, -0.2) is 19.1 Å². The molecule has 0 aliphatic carbocycles. The lowest BCUT2D eigenvalue weighted by atomic mass is 10.1. The largest absolute Gasteiger partial charge is 0.278 e. The Morgan fingerprint density at radius 1 is 0.538 bits per heavy atom. The van der Waals surface area contributed by atoms with E-state index < -0.39 is 0 Å². The van der Waals surface area contributed by atoms with E-state index >= 15 is 0 Å². The molecule has 4 aromatic heterocycles. The number of hydrogen-bond acceptors (Lipinski definition) is 3. The first-order valence-electron chi connectivity index (χ1n) is 13.0. The first-order valence-corrected chi connectivity index (χ1v) is 13.8. The van der Waals surface area contributed by atoms with Gasteiger partial charge in [0.05, 0.1) is 32.3 Å². The lowest BCUT2D eigenvalue weighted by molar-refractivity contribution is 0.957. The minimum absolute atomic E-state index is 0.873. The molecular formula is C34H20N4S. The number of hydrogen-bond donors (Lipinski definition) is 0. The first kappa shape index (κ1) is 21.0. The highest BCUT2D eigenvalue weighted by molar-refractivity contribution is 7.26. The summed E-state index contributed by atoms with van der Waals surface area (Å²) in [6, 6.07) is 40.6. The summed E-state index contributed by atoms with van der Waals surface area (Å²) in [6.07, 6.45) is 2.05. The van der Waals surface area contributed by atoms with Crippen molar-refractivity contribution >= 4 is 75.3 Å². The van der Waals surface area contributed by atoms with E-state index in [9.17, 15) is 0 Å². The molecule has 0 aliphatic rings. The smallest absolute Gasteiger partial charge is 0.220 e. The number of pyridine rings is 1. The van der Waals surface area contributed by atoms with E-state index in [0.717, 1.165) is 50.0 Å². The maximum atomic E-state index is 5.24. The van der Waals surface area contributed by atoms with Crippen molar-refractivity contribution in [2.45, 2.75) is 0 Å². The van der Waals surface area contributed by atoms with Crippen molar-refractivity contribution < 1.29 is 0 Å². The number of para-hydroxylation sites is 4. The van der Waals surface area contributed by atoms with Crippen LogP contribution in [0.4, 0.5) is 0 Å². The molecule has 0 atom stereocenters. The number of fused-ring (bicyclic) bond motifs is 10. The fraction of sp³-hybridized carbons (Fsp3) is 0. The maximum absolute atomic E-state index is 5.24. The summed E-state index contributed by atoms with van der Waals surface area (Å²) in [5, 5.41) is 5.98. The minimum atomic E-state index is 0.873. The molecule has 0 amide bonds. The van der Waals surface area contributed by atoms with Crippen molar-refractivity contribution in [3.8, 4) is 11.6 Å². The molecule has 9 aromatic rings. The van der Waals surface area contributed by atoms with Gasteiger partial charge in [0.15, 0.2) is 0 Å². The molecule has 0 spiro atoms. The molecule has 0 saturated heterocycles. The van der Waals surface area contributed by atoms with E-state index in [4.69, 9.17) is 9.97 Å². The van der Waals surface area contributed by atoms with E-state index in [0.29, 0.717) is 0 Å². The molecule has 0 fully saturated rings. The van der Waals surface area contributed by atoms with Crippen LogP contribution in [-0.2, 0) is 0 Å². The maximum Gasteiger partial charge on any atom is 0.220 e. The number of thiophene rings is 1. The summed E-state index contributed by atoms with van der Waals surface area (Å²) in [7, 11) is 0. The topological polar surface area (TPSA) is 35.6 Å². The zero-order valence-electron chi connectivity index (χ0n) is 20.7. The van der Waals surface area contributed by atoms with Crippen molar-refractivity contribution in [3.63, 3.8) is 0 Å². The molecule has 9 rings (SSSR count). The fourth-order valence-corrected chi connectivity index (χ4v) is 7.29. The summed E-state index contributed by atoms with van der Waals surface area (Å²) >= 11 is 1.82. The van der Waals surface area contributed by atoms with Gasteiger partial charge in [0.25, 0.3) is 0 Å². The fourth-order valence-electron chi connectivity index (χ4n) is 6.09. The van der Waals surface area contributed by atoms with Crippen molar-refractivity contribution in [3.05, 3.63) is 121 Å². The molecule has 39 heavy (non-hydrogen) atoms. The van der Waals surface area contributed by atoms with Crippen LogP contribution in [0.25, 0.3) is 75.6 Å². The Bertz CT molecular complexity index is 2390. The van der Waals surface area contributed by atoms with E-state index in [-0.39, 0.29) is 0 Å². The number of imidazole rings is 1. The predicted octanol–water partition coefficient (Wildman–Crippen LogP) is 9.04. The Hall–Kier alpha value is -5.00. The predicted molar refractivity (Wildman–Crippen MR) is 164 cm³/mol. The van der Waals surface area contributed by atoms with Gasteiger partial charge in [-0.3, -0.25) is 14.1 Å². The van der Waals surface area contributed by atoms with Crippen LogP contribution < -0.4 is 0 Å². The molecule has 0 bridgehead atoms. The zero-order chi connectivity index (χ0) is 25.5. The highest BCUT2D eigenvalue weighted by Crippen LogP contribution is 2.42. The van der Waals surface area contributed by atoms with Gasteiger partial charge in [-0.05, 0) is 42.5 Å². The third-order valence-electron chi connectivity index (χ3n) is 7.77. The molecule has 0 saturated carbocycles. The minimum Gasteiger partial charge on any atom is -0.278 e. The van der Waals surface area contributed by atoms with Gasteiger partial charge in [0, 0.05) is 43.5 Å². The van der Waals surface area contributed by atoms with Crippen LogP contribution in [0.15, 0.2) is 121 Å². The second-order valence-corrected chi connectivity index (χ2v) is 10.9. The van der Waals surface area contributed by atoms with Crippen LogP contribution in [0, 0.1) is 0 Å². The average molecular weight is 517 g/mol. The number of benzene rings is 5. The highest BCUT2D eigenvalue weighted by atomic mass is 32.1. The number of nitrogens with zero attached hydrogens (tertiary/aromatic N) is 4. The molecule has 5 aromatic carbocycles. The summed E-state index contributed by atoms with van der Waals surface area (Å²) in [4.78, 5) is 10.3. The van der Waals surface area contributed by atoms with Gasteiger partial charge in [-0.25, -0.2) is 4.98 Å². The van der Waals surface area contributed by atoms with Crippen LogP contribution in [0.1, 0.15) is 0 Å².